The minimum Gasteiger partial charge on any atom is -0.454 e. The standard InChI is InChI=1S/C20H24O2/c1-3-16(4-2)18(12-15-8-6-5-7-9-15)17-10-11-19-20(13-17)22-14-21-19/h5-11,13,16,18H,3-4,12,14H2,1-2H3. The third-order valence-corrected chi connectivity index (χ3v) is 4.74. The third-order valence-electron chi connectivity index (χ3n) is 4.74. The molecule has 0 spiro atoms. The maximum atomic E-state index is 5.56. The van der Waals surface area contributed by atoms with Crippen LogP contribution in [0.4, 0.5) is 0 Å². The first-order valence-electron chi connectivity index (χ1n) is 8.25. The molecule has 0 amide bonds. The van der Waals surface area contributed by atoms with E-state index in [1.54, 1.807) is 0 Å². The Kier molecular flexibility index (Phi) is 4.67. The van der Waals surface area contributed by atoms with Crippen LogP contribution < -0.4 is 9.47 Å². The Labute approximate surface area is 133 Å². The van der Waals surface area contributed by atoms with E-state index in [9.17, 15) is 0 Å². The van der Waals surface area contributed by atoms with Gasteiger partial charge in [-0.3, -0.25) is 0 Å². The number of rotatable bonds is 6. The van der Waals surface area contributed by atoms with Gasteiger partial charge in [-0.05, 0) is 41.5 Å². The van der Waals surface area contributed by atoms with Gasteiger partial charge >= 0.3 is 0 Å². The molecule has 116 valence electrons. The van der Waals surface area contributed by atoms with Gasteiger partial charge in [-0.25, -0.2) is 0 Å². The zero-order valence-electron chi connectivity index (χ0n) is 13.4. The second-order valence-electron chi connectivity index (χ2n) is 5.99. The highest BCUT2D eigenvalue weighted by molar-refractivity contribution is 5.45. The molecular formula is C20H24O2. The van der Waals surface area contributed by atoms with E-state index in [4.69, 9.17) is 9.47 Å². The van der Waals surface area contributed by atoms with Crippen molar-refractivity contribution in [2.24, 2.45) is 5.92 Å². The summed E-state index contributed by atoms with van der Waals surface area (Å²) in [5.74, 6) is 2.96. The molecule has 0 saturated carbocycles. The van der Waals surface area contributed by atoms with E-state index in [0.29, 0.717) is 18.6 Å². The lowest BCUT2D eigenvalue weighted by Crippen LogP contribution is -2.14. The topological polar surface area (TPSA) is 18.5 Å². The molecule has 2 heteroatoms. The lowest BCUT2D eigenvalue weighted by molar-refractivity contribution is 0.174. The highest BCUT2D eigenvalue weighted by Crippen LogP contribution is 2.39. The van der Waals surface area contributed by atoms with Crippen LogP contribution in [0.1, 0.15) is 43.7 Å². The van der Waals surface area contributed by atoms with Gasteiger partial charge in [-0.1, -0.05) is 63.1 Å². The molecule has 0 fully saturated rings. The molecule has 3 rings (SSSR count). The predicted octanol–water partition coefficient (Wildman–Crippen LogP) is 5.18. The van der Waals surface area contributed by atoms with Crippen LogP contribution in [0.15, 0.2) is 48.5 Å². The van der Waals surface area contributed by atoms with Gasteiger partial charge < -0.3 is 9.47 Å². The lowest BCUT2D eigenvalue weighted by atomic mass is 9.79. The average Bonchev–Trinajstić information content (AvgIpc) is 3.03. The Bertz CT molecular complexity index is 602. The zero-order chi connectivity index (χ0) is 15.4. The summed E-state index contributed by atoms with van der Waals surface area (Å²) in [5, 5.41) is 0. The molecule has 0 saturated heterocycles. The first kappa shape index (κ1) is 15.0. The molecule has 0 N–H and O–H groups in total. The van der Waals surface area contributed by atoms with E-state index in [2.05, 4.69) is 62.4 Å². The summed E-state index contributed by atoms with van der Waals surface area (Å²) in [4.78, 5) is 0. The molecule has 2 nitrogen and oxygen atoms in total. The summed E-state index contributed by atoms with van der Waals surface area (Å²) in [7, 11) is 0. The van der Waals surface area contributed by atoms with Gasteiger partial charge in [0, 0.05) is 0 Å². The fourth-order valence-electron chi connectivity index (χ4n) is 3.43. The van der Waals surface area contributed by atoms with Crippen LogP contribution in [-0.4, -0.2) is 6.79 Å². The van der Waals surface area contributed by atoms with Crippen LogP contribution in [0.5, 0.6) is 11.5 Å². The molecule has 0 aliphatic carbocycles. The monoisotopic (exact) mass is 296 g/mol. The maximum Gasteiger partial charge on any atom is 0.231 e. The number of hydrogen-bond donors (Lipinski definition) is 0. The van der Waals surface area contributed by atoms with Crippen LogP contribution in [0.3, 0.4) is 0 Å². The van der Waals surface area contributed by atoms with Gasteiger partial charge in [-0.2, -0.15) is 0 Å². The number of ether oxygens (including phenoxy) is 2. The molecule has 0 aromatic heterocycles. The van der Waals surface area contributed by atoms with Crippen LogP contribution in [0.25, 0.3) is 0 Å². The average molecular weight is 296 g/mol. The normalized spacial score (nSPS) is 14.3. The van der Waals surface area contributed by atoms with E-state index >= 15 is 0 Å². The summed E-state index contributed by atoms with van der Waals surface area (Å²) in [6.45, 7) is 4.92. The van der Waals surface area contributed by atoms with E-state index in [0.717, 1.165) is 17.9 Å². The minimum atomic E-state index is 0.340. The van der Waals surface area contributed by atoms with Crippen molar-refractivity contribution in [1.82, 2.24) is 0 Å². The summed E-state index contributed by atoms with van der Waals surface area (Å²) in [6, 6.07) is 17.2. The fourth-order valence-corrected chi connectivity index (χ4v) is 3.43. The molecule has 0 bridgehead atoms. The minimum absolute atomic E-state index is 0.340. The van der Waals surface area contributed by atoms with Crippen molar-refractivity contribution in [2.45, 2.75) is 39.0 Å². The van der Waals surface area contributed by atoms with Crippen molar-refractivity contribution in [1.29, 1.82) is 0 Å². The molecule has 0 radical (unpaired) electrons. The van der Waals surface area contributed by atoms with Crippen molar-refractivity contribution < 1.29 is 9.47 Å². The molecule has 22 heavy (non-hydrogen) atoms. The lowest BCUT2D eigenvalue weighted by Gasteiger charge is -2.26. The first-order chi connectivity index (χ1) is 10.8. The highest BCUT2D eigenvalue weighted by atomic mass is 16.7. The van der Waals surface area contributed by atoms with Gasteiger partial charge in [0.25, 0.3) is 0 Å². The van der Waals surface area contributed by atoms with Crippen LogP contribution in [0.2, 0.25) is 0 Å². The molecule has 1 aliphatic rings. The third kappa shape index (κ3) is 3.11. The molecule has 2 aromatic rings. The molecule has 1 atom stereocenters. The predicted molar refractivity (Wildman–Crippen MR) is 89.5 cm³/mol. The summed E-state index contributed by atoms with van der Waals surface area (Å²) in [5.41, 5.74) is 2.76. The second-order valence-corrected chi connectivity index (χ2v) is 5.99. The largest absolute Gasteiger partial charge is 0.454 e. The van der Waals surface area contributed by atoms with Crippen molar-refractivity contribution in [3.8, 4) is 11.5 Å². The van der Waals surface area contributed by atoms with Crippen LogP contribution in [-0.2, 0) is 6.42 Å². The molecule has 2 aromatic carbocycles. The second kappa shape index (κ2) is 6.87. The summed E-state index contributed by atoms with van der Waals surface area (Å²) in [6.07, 6.45) is 3.47. The zero-order valence-corrected chi connectivity index (χ0v) is 13.4. The molecular weight excluding hydrogens is 272 g/mol. The smallest absolute Gasteiger partial charge is 0.231 e. The first-order valence-corrected chi connectivity index (χ1v) is 8.25. The van der Waals surface area contributed by atoms with Crippen molar-refractivity contribution in [3.63, 3.8) is 0 Å². The Morgan fingerprint density at radius 3 is 2.36 bits per heavy atom. The Balaban J connectivity index is 1.90. The van der Waals surface area contributed by atoms with E-state index in [1.165, 1.54) is 24.0 Å². The van der Waals surface area contributed by atoms with Gasteiger partial charge in [0.2, 0.25) is 6.79 Å². The maximum absolute atomic E-state index is 5.56. The van der Waals surface area contributed by atoms with E-state index in [-0.39, 0.29) is 0 Å². The fraction of sp³-hybridized carbons (Fsp3) is 0.400. The van der Waals surface area contributed by atoms with Gasteiger partial charge in [0.15, 0.2) is 11.5 Å². The van der Waals surface area contributed by atoms with Crippen molar-refractivity contribution in [3.05, 3.63) is 59.7 Å². The van der Waals surface area contributed by atoms with E-state index < -0.39 is 0 Å². The number of hydrogen-bond acceptors (Lipinski definition) is 2. The van der Waals surface area contributed by atoms with Gasteiger partial charge in [-0.15, -0.1) is 0 Å². The number of benzene rings is 2. The Hall–Kier alpha value is -1.96. The molecule has 1 aliphatic heterocycles. The van der Waals surface area contributed by atoms with Crippen molar-refractivity contribution >= 4 is 0 Å². The van der Waals surface area contributed by atoms with Gasteiger partial charge in [0.05, 0.1) is 0 Å². The van der Waals surface area contributed by atoms with Crippen LogP contribution in [0, 0.1) is 5.92 Å². The van der Waals surface area contributed by atoms with Gasteiger partial charge in [0.1, 0.15) is 0 Å². The summed E-state index contributed by atoms with van der Waals surface area (Å²) < 4.78 is 11.0. The van der Waals surface area contributed by atoms with Crippen molar-refractivity contribution in [2.75, 3.05) is 6.79 Å². The van der Waals surface area contributed by atoms with E-state index in [1.807, 2.05) is 0 Å². The van der Waals surface area contributed by atoms with Crippen LogP contribution >= 0.6 is 0 Å². The SMILES string of the molecule is CCC(CC)C(Cc1ccccc1)c1ccc2c(c1)OCO2. The molecule has 1 unspecified atom stereocenters. The Morgan fingerprint density at radius 1 is 0.909 bits per heavy atom. The quantitative estimate of drug-likeness (QED) is 0.731. The summed E-state index contributed by atoms with van der Waals surface area (Å²) >= 11 is 0. The highest BCUT2D eigenvalue weighted by Gasteiger charge is 2.23. The number of fused-ring (bicyclic) bond motifs is 1. The Morgan fingerprint density at radius 2 is 1.64 bits per heavy atom. The molecule has 1 heterocycles.